The Morgan fingerprint density at radius 3 is 2.59 bits per heavy atom. The highest BCUT2D eigenvalue weighted by Crippen LogP contribution is 2.20. The molecular weight excluding hydrogens is 483 g/mol. The van der Waals surface area contributed by atoms with E-state index < -0.39 is 5.91 Å². The first kappa shape index (κ1) is 24.8. The van der Waals surface area contributed by atoms with Crippen molar-refractivity contribution in [3.63, 3.8) is 0 Å². The van der Waals surface area contributed by atoms with Crippen LogP contribution in [-0.4, -0.2) is 25.5 Å². The average Bonchev–Trinajstić information content (AvgIpc) is 3.16. The van der Waals surface area contributed by atoms with Crippen LogP contribution >= 0.6 is 24.0 Å². The molecule has 1 heterocycles. The highest BCUT2D eigenvalue weighted by molar-refractivity contribution is 14.0. The van der Waals surface area contributed by atoms with Crippen LogP contribution in [0.25, 0.3) is 0 Å². The zero-order chi connectivity index (χ0) is 20.4. The zero-order valence-corrected chi connectivity index (χ0v) is 19.6. The van der Waals surface area contributed by atoms with Crippen LogP contribution < -0.4 is 21.1 Å². The summed E-state index contributed by atoms with van der Waals surface area (Å²) in [5, 5.41) is 6.42. The van der Waals surface area contributed by atoms with Gasteiger partial charge in [-0.1, -0.05) is 31.9 Å². The first-order valence-corrected chi connectivity index (χ1v) is 9.58. The number of ether oxygens (including phenoxy) is 1. The van der Waals surface area contributed by atoms with Gasteiger partial charge in [0, 0.05) is 19.2 Å². The van der Waals surface area contributed by atoms with Gasteiger partial charge in [0.25, 0.3) is 5.91 Å². The van der Waals surface area contributed by atoms with Crippen molar-refractivity contribution >= 4 is 35.8 Å². The quantitative estimate of drug-likeness (QED) is 0.194. The number of guanidine groups is 1. The fourth-order valence-electron chi connectivity index (χ4n) is 2.65. The Kier molecular flexibility index (Phi) is 11.2. The van der Waals surface area contributed by atoms with Crippen molar-refractivity contribution in [2.75, 3.05) is 13.7 Å². The Hall–Kier alpha value is -2.23. The summed E-state index contributed by atoms with van der Waals surface area (Å²) in [6, 6.07) is 9.47. The van der Waals surface area contributed by atoms with Gasteiger partial charge in [-0.25, -0.2) is 0 Å². The molecule has 0 aliphatic carbocycles. The number of nitrogens with two attached hydrogens (primary N) is 1. The normalized spacial score (nSPS) is 10.9. The minimum Gasteiger partial charge on any atom is -0.493 e. The van der Waals surface area contributed by atoms with Crippen molar-refractivity contribution in [2.45, 2.75) is 46.2 Å². The summed E-state index contributed by atoms with van der Waals surface area (Å²) in [5.74, 6) is 1.68. The van der Waals surface area contributed by atoms with Crippen LogP contribution in [0.15, 0.2) is 39.7 Å². The Morgan fingerprint density at radius 2 is 1.93 bits per heavy atom. The maximum atomic E-state index is 11.1. The van der Waals surface area contributed by atoms with Crippen molar-refractivity contribution < 1.29 is 13.9 Å². The number of furan rings is 1. The topological polar surface area (TPSA) is 102 Å². The number of unbranched alkanes of at least 4 members (excludes halogenated alkanes) is 2. The molecule has 1 aromatic heterocycles. The number of halogens is 1. The minimum absolute atomic E-state index is 0. The molecule has 2 aromatic rings. The first-order chi connectivity index (χ1) is 13.5. The molecule has 0 bridgehead atoms. The SMILES string of the molecule is CCCCCOc1cc(C)ccc1CNC(=NC)NCc1ccc(C(N)=O)o1.I. The summed E-state index contributed by atoms with van der Waals surface area (Å²) < 4.78 is 11.3. The number of hydrogen-bond acceptors (Lipinski definition) is 4. The molecule has 4 N–H and O–H groups in total. The van der Waals surface area contributed by atoms with Crippen LogP contribution in [0.4, 0.5) is 0 Å². The molecule has 2 rings (SSSR count). The lowest BCUT2D eigenvalue weighted by atomic mass is 10.1. The van der Waals surface area contributed by atoms with Crippen molar-refractivity contribution in [1.29, 1.82) is 0 Å². The number of carbonyl (C=O) groups is 1. The molecule has 0 unspecified atom stereocenters. The fourth-order valence-corrected chi connectivity index (χ4v) is 2.65. The second-order valence-corrected chi connectivity index (χ2v) is 6.58. The van der Waals surface area contributed by atoms with Crippen LogP contribution in [0.3, 0.4) is 0 Å². The van der Waals surface area contributed by atoms with E-state index in [-0.39, 0.29) is 29.7 Å². The number of benzene rings is 1. The van der Waals surface area contributed by atoms with Gasteiger partial charge in [0.2, 0.25) is 0 Å². The average molecular weight is 514 g/mol. The van der Waals surface area contributed by atoms with Gasteiger partial charge in [-0.15, -0.1) is 24.0 Å². The van der Waals surface area contributed by atoms with Gasteiger partial charge in [-0.3, -0.25) is 9.79 Å². The highest BCUT2D eigenvalue weighted by atomic mass is 127. The van der Waals surface area contributed by atoms with E-state index in [1.807, 2.05) is 0 Å². The van der Waals surface area contributed by atoms with Crippen LogP contribution in [0.1, 0.15) is 53.6 Å². The maximum Gasteiger partial charge on any atom is 0.284 e. The van der Waals surface area contributed by atoms with Gasteiger partial charge >= 0.3 is 0 Å². The molecule has 29 heavy (non-hydrogen) atoms. The van der Waals surface area contributed by atoms with E-state index in [1.165, 1.54) is 18.4 Å². The van der Waals surface area contributed by atoms with Gasteiger partial charge in [0.05, 0.1) is 13.2 Å². The van der Waals surface area contributed by atoms with E-state index in [0.29, 0.717) is 24.8 Å². The molecule has 8 heteroatoms. The number of rotatable bonds is 10. The summed E-state index contributed by atoms with van der Waals surface area (Å²) in [4.78, 5) is 15.3. The van der Waals surface area contributed by atoms with E-state index in [1.54, 1.807) is 19.2 Å². The Balaban J connectivity index is 0.00000420. The smallest absolute Gasteiger partial charge is 0.284 e. The van der Waals surface area contributed by atoms with E-state index in [4.69, 9.17) is 14.9 Å². The summed E-state index contributed by atoms with van der Waals surface area (Å²) in [6.45, 7) is 5.92. The third-order valence-electron chi connectivity index (χ3n) is 4.23. The van der Waals surface area contributed by atoms with Crippen molar-refractivity contribution in [1.82, 2.24) is 10.6 Å². The third-order valence-corrected chi connectivity index (χ3v) is 4.23. The van der Waals surface area contributed by atoms with E-state index in [0.717, 1.165) is 24.3 Å². The van der Waals surface area contributed by atoms with Gasteiger partial charge in [0.1, 0.15) is 11.5 Å². The number of amides is 1. The second-order valence-electron chi connectivity index (χ2n) is 6.58. The van der Waals surface area contributed by atoms with Crippen LogP contribution in [-0.2, 0) is 13.1 Å². The Morgan fingerprint density at radius 1 is 1.17 bits per heavy atom. The molecule has 7 nitrogen and oxygen atoms in total. The number of primary amides is 1. The predicted octanol–water partition coefficient (Wildman–Crippen LogP) is 3.74. The van der Waals surface area contributed by atoms with Gasteiger partial charge in [0.15, 0.2) is 11.7 Å². The number of aliphatic imine (C=N–C) groups is 1. The lowest BCUT2D eigenvalue weighted by molar-refractivity contribution is 0.0972. The predicted molar refractivity (Wildman–Crippen MR) is 126 cm³/mol. The molecule has 160 valence electrons. The van der Waals surface area contributed by atoms with E-state index in [9.17, 15) is 4.79 Å². The maximum absolute atomic E-state index is 11.1. The van der Waals surface area contributed by atoms with E-state index in [2.05, 4.69) is 47.7 Å². The molecule has 1 aromatic carbocycles. The molecular formula is C21H31IN4O3. The lowest BCUT2D eigenvalue weighted by Crippen LogP contribution is -2.36. The minimum atomic E-state index is -0.584. The molecule has 0 fully saturated rings. The molecule has 0 radical (unpaired) electrons. The van der Waals surface area contributed by atoms with Gasteiger partial charge in [-0.2, -0.15) is 0 Å². The van der Waals surface area contributed by atoms with Gasteiger partial charge < -0.3 is 25.5 Å². The summed E-state index contributed by atoms with van der Waals surface area (Å²) in [6.07, 6.45) is 3.39. The standard InChI is InChI=1S/C21H30N4O3.HI/c1-4-5-6-11-27-19-12-15(2)7-8-16(19)13-24-21(23-3)25-14-17-9-10-18(28-17)20(22)26;/h7-10,12H,4-6,11,13-14H2,1-3H3,(H2,22,26)(H2,23,24,25);1H. The molecule has 0 aliphatic rings. The van der Waals surface area contributed by atoms with Gasteiger partial charge in [-0.05, 0) is 37.1 Å². The number of hydrogen-bond donors (Lipinski definition) is 3. The number of aryl methyl sites for hydroxylation is 1. The molecule has 0 saturated carbocycles. The first-order valence-electron chi connectivity index (χ1n) is 9.58. The molecule has 0 spiro atoms. The van der Waals surface area contributed by atoms with Crippen molar-refractivity contribution in [3.8, 4) is 5.75 Å². The van der Waals surface area contributed by atoms with E-state index >= 15 is 0 Å². The Bertz CT molecular complexity index is 805. The monoisotopic (exact) mass is 514 g/mol. The lowest BCUT2D eigenvalue weighted by Gasteiger charge is -2.15. The van der Waals surface area contributed by atoms with Crippen LogP contribution in [0.2, 0.25) is 0 Å². The molecule has 0 aliphatic heterocycles. The summed E-state index contributed by atoms with van der Waals surface area (Å²) in [5.41, 5.74) is 7.43. The molecule has 0 atom stereocenters. The summed E-state index contributed by atoms with van der Waals surface area (Å²) in [7, 11) is 1.70. The number of carbonyl (C=O) groups excluding carboxylic acids is 1. The van der Waals surface area contributed by atoms with Crippen molar-refractivity contribution in [3.05, 3.63) is 53.0 Å². The molecule has 1 amide bonds. The van der Waals surface area contributed by atoms with Crippen LogP contribution in [0.5, 0.6) is 5.75 Å². The summed E-state index contributed by atoms with van der Waals surface area (Å²) >= 11 is 0. The molecule has 0 saturated heterocycles. The number of nitrogens with one attached hydrogen (secondary N) is 2. The van der Waals surface area contributed by atoms with Crippen molar-refractivity contribution in [2.24, 2.45) is 10.7 Å². The number of nitrogens with zero attached hydrogens (tertiary/aromatic N) is 1. The zero-order valence-electron chi connectivity index (χ0n) is 17.3. The second kappa shape index (κ2) is 13.1. The Labute approximate surface area is 189 Å². The fraction of sp³-hybridized carbons (Fsp3) is 0.429. The third kappa shape index (κ3) is 8.35. The van der Waals surface area contributed by atoms with Crippen LogP contribution in [0, 0.1) is 6.92 Å². The largest absolute Gasteiger partial charge is 0.493 e. The highest BCUT2D eigenvalue weighted by Gasteiger charge is 2.09.